The second kappa shape index (κ2) is 7.61. The quantitative estimate of drug-likeness (QED) is 0.670. The maximum Gasteiger partial charge on any atom is 0.307 e. The van der Waals surface area contributed by atoms with Crippen molar-refractivity contribution in [3.8, 4) is 0 Å². The van der Waals surface area contributed by atoms with Crippen molar-refractivity contribution in [2.45, 2.75) is 39.7 Å². The first-order valence-corrected chi connectivity index (χ1v) is 8.70. The van der Waals surface area contributed by atoms with Crippen LogP contribution in [0.15, 0.2) is 28.7 Å². The van der Waals surface area contributed by atoms with Crippen LogP contribution in [-0.2, 0) is 27.8 Å². The number of anilines is 1. The van der Waals surface area contributed by atoms with Gasteiger partial charge in [0.2, 0.25) is 0 Å². The van der Waals surface area contributed by atoms with Crippen LogP contribution in [0.2, 0.25) is 0 Å². The fourth-order valence-corrected chi connectivity index (χ4v) is 2.72. The van der Waals surface area contributed by atoms with Crippen molar-refractivity contribution in [1.82, 2.24) is 14.8 Å². The van der Waals surface area contributed by atoms with Crippen molar-refractivity contribution < 1.29 is 18.7 Å². The van der Waals surface area contributed by atoms with E-state index in [0.717, 1.165) is 11.2 Å². The van der Waals surface area contributed by atoms with Gasteiger partial charge >= 0.3 is 5.97 Å². The van der Waals surface area contributed by atoms with E-state index >= 15 is 0 Å². The van der Waals surface area contributed by atoms with E-state index in [0.29, 0.717) is 29.3 Å². The summed E-state index contributed by atoms with van der Waals surface area (Å²) in [4.78, 5) is 28.7. The molecule has 0 spiro atoms. The summed E-state index contributed by atoms with van der Waals surface area (Å²) in [5.41, 5.74) is 3.59. The smallest absolute Gasteiger partial charge is 0.307 e. The normalized spacial score (nSPS) is 12.1. The molecule has 0 radical (unpaired) electrons. The van der Waals surface area contributed by atoms with Gasteiger partial charge in [0.1, 0.15) is 5.52 Å². The van der Waals surface area contributed by atoms with Gasteiger partial charge in [-0.25, -0.2) is 4.98 Å². The maximum atomic E-state index is 12.3. The second-order valence-corrected chi connectivity index (χ2v) is 6.37. The van der Waals surface area contributed by atoms with Gasteiger partial charge in [-0.3, -0.25) is 14.3 Å². The van der Waals surface area contributed by atoms with Gasteiger partial charge < -0.3 is 14.5 Å². The minimum Gasteiger partial charge on any atom is -0.453 e. The number of benzene rings is 1. The Morgan fingerprint density at radius 2 is 2.04 bits per heavy atom. The summed E-state index contributed by atoms with van der Waals surface area (Å²) < 4.78 is 12.5. The van der Waals surface area contributed by atoms with Gasteiger partial charge in [-0.05, 0) is 32.9 Å². The second-order valence-electron chi connectivity index (χ2n) is 6.37. The number of carbonyl (C=O) groups is 2. The highest BCUT2D eigenvalue weighted by Gasteiger charge is 2.21. The highest BCUT2D eigenvalue weighted by Crippen LogP contribution is 2.19. The van der Waals surface area contributed by atoms with Crippen molar-refractivity contribution in [2.75, 3.05) is 5.32 Å². The summed E-state index contributed by atoms with van der Waals surface area (Å²) in [6, 6.07) is 7.39. The van der Waals surface area contributed by atoms with E-state index in [1.54, 1.807) is 18.7 Å². The predicted molar refractivity (Wildman–Crippen MR) is 99.2 cm³/mol. The average Bonchev–Trinajstić information content (AvgIpc) is 3.15. The number of nitrogens with zero attached hydrogens (tertiary/aromatic N) is 3. The molecule has 3 aromatic rings. The number of para-hydroxylation sites is 2. The molecule has 1 N–H and O–H groups in total. The lowest BCUT2D eigenvalue weighted by Crippen LogP contribution is -2.30. The first-order chi connectivity index (χ1) is 12.8. The summed E-state index contributed by atoms with van der Waals surface area (Å²) in [6.45, 7) is 5.19. The molecule has 8 heteroatoms. The first-order valence-electron chi connectivity index (χ1n) is 8.70. The van der Waals surface area contributed by atoms with Crippen LogP contribution in [0.5, 0.6) is 0 Å². The number of hydrogen-bond donors (Lipinski definition) is 1. The molecular formula is C19H22N4O4. The average molecular weight is 370 g/mol. The maximum absolute atomic E-state index is 12.3. The van der Waals surface area contributed by atoms with Crippen LogP contribution < -0.4 is 5.32 Å². The summed E-state index contributed by atoms with van der Waals surface area (Å²) in [5.74, 6) is -0.421. The predicted octanol–water partition coefficient (Wildman–Crippen LogP) is 2.68. The van der Waals surface area contributed by atoms with Crippen LogP contribution in [0, 0.1) is 13.8 Å². The van der Waals surface area contributed by atoms with Gasteiger partial charge in [0.05, 0.1) is 23.5 Å². The lowest BCUT2D eigenvalue weighted by atomic mass is 10.2. The van der Waals surface area contributed by atoms with Gasteiger partial charge in [-0.15, -0.1) is 0 Å². The standard InChI is InChI=1S/C19H22N4O4/c1-11-18(12(2)23(4)22-11)21-19(25)13(3)26-17(24)10-9-16-20-14-7-5-6-8-15(14)27-16/h5-8,13H,9-10H2,1-4H3,(H,21,25)/t13-/m1/s1. The van der Waals surface area contributed by atoms with E-state index in [4.69, 9.17) is 9.15 Å². The Balaban J connectivity index is 1.52. The summed E-state index contributed by atoms with van der Waals surface area (Å²) in [5, 5.41) is 7.01. The van der Waals surface area contributed by atoms with E-state index in [1.165, 1.54) is 6.92 Å². The Morgan fingerprint density at radius 1 is 1.30 bits per heavy atom. The molecule has 0 aliphatic heterocycles. The largest absolute Gasteiger partial charge is 0.453 e. The lowest BCUT2D eigenvalue weighted by Gasteiger charge is -2.13. The summed E-state index contributed by atoms with van der Waals surface area (Å²) in [7, 11) is 1.80. The molecule has 142 valence electrons. The third-order valence-corrected chi connectivity index (χ3v) is 4.32. The Hall–Kier alpha value is -3.16. The molecule has 1 amide bonds. The zero-order chi connectivity index (χ0) is 19.6. The molecule has 1 aromatic carbocycles. The molecule has 0 bridgehead atoms. The minimum absolute atomic E-state index is 0.0788. The van der Waals surface area contributed by atoms with Gasteiger partial charge in [0.15, 0.2) is 17.6 Å². The van der Waals surface area contributed by atoms with Crippen molar-refractivity contribution in [3.05, 3.63) is 41.5 Å². The molecule has 2 heterocycles. The number of esters is 1. The monoisotopic (exact) mass is 370 g/mol. The number of ether oxygens (including phenoxy) is 1. The number of fused-ring (bicyclic) bond motifs is 1. The number of oxazole rings is 1. The van der Waals surface area contributed by atoms with Gasteiger partial charge in [-0.1, -0.05) is 12.1 Å². The molecule has 0 aliphatic carbocycles. The highest BCUT2D eigenvalue weighted by atomic mass is 16.5. The first kappa shape index (κ1) is 18.6. The minimum atomic E-state index is -0.917. The topological polar surface area (TPSA) is 99.2 Å². The lowest BCUT2D eigenvalue weighted by molar-refractivity contribution is -0.153. The third kappa shape index (κ3) is 4.16. The number of nitrogens with one attached hydrogen (secondary N) is 1. The van der Waals surface area contributed by atoms with Crippen LogP contribution in [0.4, 0.5) is 5.69 Å². The van der Waals surface area contributed by atoms with Gasteiger partial charge in [-0.2, -0.15) is 5.10 Å². The number of aryl methyl sites for hydroxylation is 3. The molecule has 8 nitrogen and oxygen atoms in total. The van der Waals surface area contributed by atoms with Gasteiger partial charge in [0, 0.05) is 13.5 Å². The number of aromatic nitrogens is 3. The van der Waals surface area contributed by atoms with E-state index in [-0.39, 0.29) is 6.42 Å². The zero-order valence-corrected chi connectivity index (χ0v) is 15.8. The van der Waals surface area contributed by atoms with E-state index < -0.39 is 18.0 Å². The molecule has 3 rings (SSSR count). The van der Waals surface area contributed by atoms with Crippen LogP contribution in [0.25, 0.3) is 11.1 Å². The SMILES string of the molecule is Cc1nn(C)c(C)c1NC(=O)[C@@H](C)OC(=O)CCc1nc2ccccc2o1. The zero-order valence-electron chi connectivity index (χ0n) is 15.8. The van der Waals surface area contributed by atoms with Crippen LogP contribution in [0.1, 0.15) is 30.6 Å². The molecular weight excluding hydrogens is 348 g/mol. The van der Waals surface area contributed by atoms with E-state index in [1.807, 2.05) is 31.2 Å². The van der Waals surface area contributed by atoms with E-state index in [2.05, 4.69) is 15.4 Å². The van der Waals surface area contributed by atoms with Gasteiger partial charge in [0.25, 0.3) is 5.91 Å². The van der Waals surface area contributed by atoms with E-state index in [9.17, 15) is 9.59 Å². The Kier molecular flexibility index (Phi) is 5.25. The van der Waals surface area contributed by atoms with Crippen LogP contribution in [-0.4, -0.2) is 32.7 Å². The van der Waals surface area contributed by atoms with Crippen molar-refractivity contribution in [3.63, 3.8) is 0 Å². The molecule has 27 heavy (non-hydrogen) atoms. The Bertz CT molecular complexity index is 956. The van der Waals surface area contributed by atoms with Crippen LogP contribution in [0.3, 0.4) is 0 Å². The molecule has 0 aliphatic rings. The molecule has 2 aromatic heterocycles. The fraction of sp³-hybridized carbons (Fsp3) is 0.368. The number of rotatable bonds is 6. The molecule has 0 unspecified atom stereocenters. The highest BCUT2D eigenvalue weighted by molar-refractivity contribution is 5.96. The van der Waals surface area contributed by atoms with Crippen molar-refractivity contribution in [1.29, 1.82) is 0 Å². The Morgan fingerprint density at radius 3 is 2.70 bits per heavy atom. The molecule has 0 fully saturated rings. The molecule has 1 atom stereocenters. The third-order valence-electron chi connectivity index (χ3n) is 4.32. The number of carbonyl (C=O) groups excluding carboxylic acids is 2. The molecule has 0 saturated heterocycles. The fourth-order valence-electron chi connectivity index (χ4n) is 2.72. The number of amides is 1. The van der Waals surface area contributed by atoms with Crippen molar-refractivity contribution >= 4 is 28.7 Å². The molecule has 0 saturated carbocycles. The van der Waals surface area contributed by atoms with Crippen LogP contribution >= 0.6 is 0 Å². The van der Waals surface area contributed by atoms with Crippen molar-refractivity contribution in [2.24, 2.45) is 7.05 Å². The summed E-state index contributed by atoms with van der Waals surface area (Å²) >= 11 is 0. The summed E-state index contributed by atoms with van der Waals surface area (Å²) in [6.07, 6.45) is -0.530. The Labute approximate surface area is 156 Å². The number of hydrogen-bond acceptors (Lipinski definition) is 6.